The van der Waals surface area contributed by atoms with Gasteiger partial charge >= 0.3 is 0 Å². The maximum absolute atomic E-state index is 13.1. The number of ketones is 1. The van der Waals surface area contributed by atoms with Crippen LogP contribution in [0, 0.1) is 5.92 Å². The largest absolute Gasteiger partial charge is 0.454 e. The molecule has 2 aromatic carbocycles. The first kappa shape index (κ1) is 17.7. The summed E-state index contributed by atoms with van der Waals surface area (Å²) in [5, 5.41) is 11.0. The maximum atomic E-state index is 13.1. The Hall–Kier alpha value is -2.37. The minimum Gasteiger partial charge on any atom is -0.454 e. The molecule has 0 amide bonds. The molecule has 5 rings (SSSR count). The number of hydrogen-bond acceptors (Lipinski definition) is 5. The van der Waals surface area contributed by atoms with Crippen LogP contribution in [0.2, 0.25) is 0 Å². The lowest BCUT2D eigenvalue weighted by Gasteiger charge is -2.40. The average Bonchev–Trinajstić information content (AvgIpc) is 3.19. The number of nitrogens with zero attached hydrogens (tertiary/aromatic N) is 1. The number of carbonyl (C=O) groups is 1. The summed E-state index contributed by atoms with van der Waals surface area (Å²) in [5.74, 6) is 1.65. The molecule has 28 heavy (non-hydrogen) atoms. The number of fused-ring (bicyclic) bond motifs is 2. The monoisotopic (exact) mass is 379 g/mol. The second-order valence-corrected chi connectivity index (χ2v) is 8.16. The molecule has 1 N–H and O–H groups in total. The molecule has 146 valence electrons. The van der Waals surface area contributed by atoms with Crippen LogP contribution in [0.25, 0.3) is 0 Å². The Balaban J connectivity index is 1.25. The molecule has 5 heteroatoms. The first-order chi connectivity index (χ1) is 13.6. The van der Waals surface area contributed by atoms with Crippen LogP contribution in [0.3, 0.4) is 0 Å². The summed E-state index contributed by atoms with van der Waals surface area (Å²) in [6, 6.07) is 13.7. The van der Waals surface area contributed by atoms with Crippen LogP contribution in [-0.2, 0) is 12.0 Å². The van der Waals surface area contributed by atoms with Crippen molar-refractivity contribution in [2.75, 3.05) is 26.4 Å². The topological polar surface area (TPSA) is 59.0 Å². The first-order valence-electron chi connectivity index (χ1n) is 10.1. The fourth-order valence-corrected chi connectivity index (χ4v) is 4.73. The summed E-state index contributed by atoms with van der Waals surface area (Å²) in [6.07, 6.45) is 3.16. The fraction of sp³-hybridized carbons (Fsp3) is 0.435. The van der Waals surface area contributed by atoms with Crippen molar-refractivity contribution in [1.82, 2.24) is 4.90 Å². The highest BCUT2D eigenvalue weighted by Crippen LogP contribution is 2.39. The van der Waals surface area contributed by atoms with Crippen molar-refractivity contribution in [2.24, 2.45) is 5.92 Å². The molecule has 0 saturated carbocycles. The predicted octanol–water partition coefficient (Wildman–Crippen LogP) is 3.14. The molecule has 2 aliphatic heterocycles. The normalized spacial score (nSPS) is 23.5. The number of likely N-dealkylation sites (tertiary alicyclic amines) is 1. The summed E-state index contributed by atoms with van der Waals surface area (Å²) >= 11 is 0. The van der Waals surface area contributed by atoms with E-state index in [0.717, 1.165) is 54.9 Å². The van der Waals surface area contributed by atoms with Gasteiger partial charge < -0.3 is 19.5 Å². The molecule has 3 aliphatic rings. The van der Waals surface area contributed by atoms with E-state index in [4.69, 9.17) is 9.47 Å². The zero-order valence-corrected chi connectivity index (χ0v) is 15.9. The van der Waals surface area contributed by atoms with Gasteiger partial charge in [0.15, 0.2) is 17.3 Å². The van der Waals surface area contributed by atoms with Gasteiger partial charge in [-0.3, -0.25) is 4.79 Å². The Bertz CT molecular complexity index is 887. The number of aryl methyl sites for hydroxylation is 1. The van der Waals surface area contributed by atoms with E-state index in [1.807, 2.05) is 42.5 Å². The van der Waals surface area contributed by atoms with Crippen LogP contribution in [-0.4, -0.2) is 42.2 Å². The molecule has 2 heterocycles. The van der Waals surface area contributed by atoms with Crippen LogP contribution in [0.4, 0.5) is 0 Å². The number of piperidine rings is 1. The smallest absolute Gasteiger partial charge is 0.231 e. The predicted molar refractivity (Wildman–Crippen MR) is 105 cm³/mol. The van der Waals surface area contributed by atoms with Crippen molar-refractivity contribution in [1.29, 1.82) is 0 Å². The van der Waals surface area contributed by atoms with Gasteiger partial charge in [0.05, 0.1) is 5.60 Å². The first-order valence-corrected chi connectivity index (χ1v) is 10.1. The molecule has 0 bridgehead atoms. The highest BCUT2D eigenvalue weighted by Gasteiger charge is 2.36. The summed E-state index contributed by atoms with van der Waals surface area (Å²) < 4.78 is 10.9. The number of Topliss-reactive ketones (excluding diaryl/α,β-unsaturated/α-hetero) is 1. The third-order valence-electron chi connectivity index (χ3n) is 6.47. The Morgan fingerprint density at radius 2 is 1.79 bits per heavy atom. The zero-order valence-electron chi connectivity index (χ0n) is 15.9. The van der Waals surface area contributed by atoms with Gasteiger partial charge in [-0.05, 0) is 48.9 Å². The van der Waals surface area contributed by atoms with Crippen LogP contribution < -0.4 is 9.47 Å². The van der Waals surface area contributed by atoms with E-state index in [-0.39, 0.29) is 18.5 Å². The van der Waals surface area contributed by atoms with Gasteiger partial charge in [-0.1, -0.05) is 30.3 Å². The van der Waals surface area contributed by atoms with Crippen molar-refractivity contribution >= 4 is 5.78 Å². The highest BCUT2D eigenvalue weighted by atomic mass is 16.7. The Labute approximate surface area is 164 Å². The summed E-state index contributed by atoms with van der Waals surface area (Å²) in [5.41, 5.74) is 2.10. The number of aliphatic hydroxyl groups is 1. The molecule has 1 fully saturated rings. The van der Waals surface area contributed by atoms with Gasteiger partial charge in [-0.25, -0.2) is 0 Å². The SMILES string of the molecule is O=C1c2cc3c(cc2CCC1CN1CCC(O)(c2ccccc2)CC1)OCO3. The second kappa shape index (κ2) is 6.90. The van der Waals surface area contributed by atoms with Crippen molar-refractivity contribution in [2.45, 2.75) is 31.3 Å². The third kappa shape index (κ3) is 3.09. The number of ether oxygens (including phenoxy) is 2. The van der Waals surface area contributed by atoms with Crippen molar-refractivity contribution in [3.63, 3.8) is 0 Å². The Kier molecular flexibility index (Phi) is 4.37. The van der Waals surface area contributed by atoms with E-state index in [1.165, 1.54) is 0 Å². The lowest BCUT2D eigenvalue weighted by Crippen LogP contribution is -2.45. The minimum atomic E-state index is -0.751. The molecule has 0 radical (unpaired) electrons. The average molecular weight is 379 g/mol. The van der Waals surface area contributed by atoms with Crippen molar-refractivity contribution in [3.8, 4) is 11.5 Å². The molecule has 0 aromatic heterocycles. The molecule has 2 aromatic rings. The third-order valence-corrected chi connectivity index (χ3v) is 6.47. The molecule has 5 nitrogen and oxygen atoms in total. The van der Waals surface area contributed by atoms with Crippen LogP contribution >= 0.6 is 0 Å². The van der Waals surface area contributed by atoms with Gasteiger partial charge in [-0.15, -0.1) is 0 Å². The molecule has 1 aliphatic carbocycles. The fourth-order valence-electron chi connectivity index (χ4n) is 4.73. The van der Waals surface area contributed by atoms with Gasteiger partial charge in [0.25, 0.3) is 0 Å². The van der Waals surface area contributed by atoms with Gasteiger partial charge in [0, 0.05) is 31.1 Å². The van der Waals surface area contributed by atoms with E-state index in [0.29, 0.717) is 18.6 Å². The summed E-state index contributed by atoms with van der Waals surface area (Å²) in [6.45, 7) is 2.61. The van der Waals surface area contributed by atoms with E-state index < -0.39 is 5.60 Å². The molecular formula is C23H25NO4. The van der Waals surface area contributed by atoms with Crippen LogP contribution in [0.15, 0.2) is 42.5 Å². The zero-order chi connectivity index (χ0) is 19.1. The molecule has 1 unspecified atom stereocenters. The number of carbonyl (C=O) groups excluding carboxylic acids is 1. The Morgan fingerprint density at radius 1 is 1.07 bits per heavy atom. The number of rotatable bonds is 3. The molecular weight excluding hydrogens is 354 g/mol. The lowest BCUT2D eigenvalue weighted by molar-refractivity contribution is -0.0283. The minimum absolute atomic E-state index is 0.00999. The summed E-state index contributed by atoms with van der Waals surface area (Å²) in [7, 11) is 0. The van der Waals surface area contributed by atoms with E-state index in [1.54, 1.807) is 0 Å². The van der Waals surface area contributed by atoms with E-state index in [2.05, 4.69) is 4.90 Å². The lowest BCUT2D eigenvalue weighted by atomic mass is 9.81. The molecule has 1 atom stereocenters. The van der Waals surface area contributed by atoms with Crippen LogP contribution in [0.5, 0.6) is 11.5 Å². The van der Waals surface area contributed by atoms with Gasteiger partial charge in [0.2, 0.25) is 6.79 Å². The van der Waals surface area contributed by atoms with E-state index >= 15 is 0 Å². The highest BCUT2D eigenvalue weighted by molar-refractivity contribution is 6.01. The number of benzene rings is 2. The summed E-state index contributed by atoms with van der Waals surface area (Å²) in [4.78, 5) is 15.4. The quantitative estimate of drug-likeness (QED) is 0.888. The Morgan fingerprint density at radius 3 is 2.54 bits per heavy atom. The molecule has 0 spiro atoms. The maximum Gasteiger partial charge on any atom is 0.231 e. The second-order valence-electron chi connectivity index (χ2n) is 8.16. The molecule has 1 saturated heterocycles. The van der Waals surface area contributed by atoms with Gasteiger partial charge in [-0.2, -0.15) is 0 Å². The van der Waals surface area contributed by atoms with Crippen LogP contribution in [0.1, 0.15) is 40.7 Å². The van der Waals surface area contributed by atoms with Gasteiger partial charge in [0.1, 0.15) is 0 Å². The standard InChI is InChI=1S/C23H25NO4/c25-22-17(7-6-16-12-20-21(13-19(16)22)28-15-27-20)14-24-10-8-23(26,9-11-24)18-4-2-1-3-5-18/h1-5,12-13,17,26H,6-11,14-15H2. The van der Waals surface area contributed by atoms with Crippen molar-refractivity contribution in [3.05, 3.63) is 59.2 Å². The van der Waals surface area contributed by atoms with Crippen molar-refractivity contribution < 1.29 is 19.4 Å². The van der Waals surface area contributed by atoms with E-state index in [9.17, 15) is 9.90 Å². The number of hydrogen-bond donors (Lipinski definition) is 1.